The van der Waals surface area contributed by atoms with Crippen LogP contribution in [0.4, 0.5) is 0 Å². The number of imide groups is 1. The number of benzene rings is 3. The Hall–Kier alpha value is -3.34. The molecule has 2 aliphatic rings. The molecule has 1 N–H and O–H groups in total. The molecule has 256 valence electrons. The Balaban J connectivity index is 1.55. The van der Waals surface area contributed by atoms with Crippen molar-refractivity contribution in [3.63, 3.8) is 0 Å². The molecule has 2 saturated heterocycles. The van der Waals surface area contributed by atoms with Gasteiger partial charge in [-0.25, -0.2) is 4.67 Å². The van der Waals surface area contributed by atoms with Crippen LogP contribution in [0.15, 0.2) is 103 Å². The number of hydrogen-bond donors (Lipinski definition) is 1. The maximum Gasteiger partial charge on any atom is 0.363 e. The van der Waals surface area contributed by atoms with E-state index in [2.05, 4.69) is 58.4 Å². The van der Waals surface area contributed by atoms with E-state index in [1.165, 1.54) is 0 Å². The molecule has 0 saturated carbocycles. The lowest BCUT2D eigenvalue weighted by Gasteiger charge is -2.51. The smallest absolute Gasteiger partial charge is 0.354 e. The summed E-state index contributed by atoms with van der Waals surface area (Å²) < 4.78 is 28.2. The molecule has 2 aliphatic heterocycles. The molecule has 0 radical (unpaired) electrons. The first-order valence-electron chi connectivity index (χ1n) is 16.3. The molecule has 2 fully saturated rings. The van der Waals surface area contributed by atoms with Crippen LogP contribution in [-0.2, 0) is 29.0 Å². The Labute approximate surface area is 288 Å². The zero-order chi connectivity index (χ0) is 34.1. The van der Waals surface area contributed by atoms with Gasteiger partial charge in [-0.05, 0) is 41.4 Å². The Bertz CT molecular complexity index is 1480. The number of ether oxygens (including phenoxy) is 1. The Morgan fingerprint density at radius 2 is 1.48 bits per heavy atom. The van der Waals surface area contributed by atoms with Crippen molar-refractivity contribution in [2.24, 2.45) is 0 Å². The third-order valence-electron chi connectivity index (χ3n) is 9.15. The molecule has 48 heavy (non-hydrogen) atoms. The van der Waals surface area contributed by atoms with E-state index in [4.69, 9.17) is 20.5 Å². The molecule has 0 aliphatic carbocycles. The van der Waals surface area contributed by atoms with Crippen LogP contribution in [0.1, 0.15) is 30.5 Å². The van der Waals surface area contributed by atoms with E-state index in [0.29, 0.717) is 38.2 Å². The van der Waals surface area contributed by atoms with E-state index in [-0.39, 0.29) is 6.61 Å². The van der Waals surface area contributed by atoms with Crippen molar-refractivity contribution in [1.82, 2.24) is 24.7 Å². The van der Waals surface area contributed by atoms with Crippen molar-refractivity contribution in [3.8, 4) is 0 Å². The molecule has 3 aromatic rings. The quantitative estimate of drug-likeness (QED) is 0.113. The number of nitrogens with one attached hydrogen (secondary N) is 1. The van der Waals surface area contributed by atoms with Gasteiger partial charge in [-0.15, -0.1) is 0 Å². The fourth-order valence-corrected chi connectivity index (χ4v) is 8.45. The summed E-state index contributed by atoms with van der Waals surface area (Å²) in [6.07, 6.45) is 0.944. The van der Waals surface area contributed by atoms with Crippen LogP contribution in [0.3, 0.4) is 0 Å². The summed E-state index contributed by atoms with van der Waals surface area (Å²) >= 11 is 6.65. The molecule has 3 unspecified atom stereocenters. The molecule has 0 bridgehead atoms. The third-order valence-corrected chi connectivity index (χ3v) is 11.6. The van der Waals surface area contributed by atoms with Crippen LogP contribution < -0.4 is 5.32 Å². The Morgan fingerprint density at radius 3 is 1.96 bits per heavy atom. The fourth-order valence-electron chi connectivity index (χ4n) is 6.66. The summed E-state index contributed by atoms with van der Waals surface area (Å²) in [6.45, 7) is 4.58. The molecule has 0 spiro atoms. The zero-order valence-electron chi connectivity index (χ0n) is 27.8. The number of carbonyl (C=O) groups excluding carboxylic acids is 2. The minimum absolute atomic E-state index is 0.00160. The van der Waals surface area contributed by atoms with Crippen molar-refractivity contribution in [1.29, 1.82) is 0 Å². The fraction of sp³-hybridized carbons (Fsp3) is 0.389. The van der Waals surface area contributed by atoms with Crippen LogP contribution in [-0.4, -0.2) is 103 Å². The second-order valence-corrected chi connectivity index (χ2v) is 15.1. The minimum Gasteiger partial charge on any atom is -0.354 e. The van der Waals surface area contributed by atoms with Gasteiger partial charge in [-0.1, -0.05) is 97.9 Å². The zero-order valence-corrected chi connectivity index (χ0v) is 29.4. The van der Waals surface area contributed by atoms with E-state index in [1.54, 1.807) is 17.8 Å². The van der Waals surface area contributed by atoms with Crippen LogP contribution in [0.5, 0.6) is 0 Å². The summed E-state index contributed by atoms with van der Waals surface area (Å²) in [5.41, 5.74) is 2.80. The number of amides is 2. The maximum absolute atomic E-state index is 13.7. The van der Waals surface area contributed by atoms with Gasteiger partial charge in [0.2, 0.25) is 6.41 Å². The number of rotatable bonds is 13. The first-order chi connectivity index (χ1) is 23.2. The first-order valence-corrected chi connectivity index (χ1v) is 18.8. The van der Waals surface area contributed by atoms with Crippen LogP contribution >= 0.6 is 18.1 Å². The largest absolute Gasteiger partial charge is 0.363 e. The van der Waals surface area contributed by atoms with E-state index < -0.39 is 30.7 Å². The number of carbonyl (C=O) groups is 2. The lowest BCUT2D eigenvalue weighted by atomic mass is 9.75. The van der Waals surface area contributed by atoms with E-state index in [0.717, 1.165) is 36.3 Å². The van der Waals surface area contributed by atoms with Gasteiger partial charge >= 0.3 is 6.87 Å². The van der Waals surface area contributed by atoms with Gasteiger partial charge in [-0.2, -0.15) is 0 Å². The molecule has 10 nitrogen and oxygen atoms in total. The number of morpholine rings is 1. The average molecular weight is 694 g/mol. The number of hydrogen-bond acceptors (Lipinski definition) is 8. The second kappa shape index (κ2) is 16.4. The highest BCUT2D eigenvalue weighted by atomic mass is 35.7. The van der Waals surface area contributed by atoms with Gasteiger partial charge in [0, 0.05) is 58.1 Å². The van der Waals surface area contributed by atoms with Gasteiger partial charge in [-0.3, -0.25) is 24.4 Å². The van der Waals surface area contributed by atoms with Gasteiger partial charge < -0.3 is 19.1 Å². The van der Waals surface area contributed by atoms with Crippen molar-refractivity contribution in [3.05, 3.63) is 119 Å². The molecular formula is C36H45ClN5O5P. The molecule has 12 heteroatoms. The van der Waals surface area contributed by atoms with Gasteiger partial charge in [0.05, 0.1) is 18.2 Å². The Morgan fingerprint density at radius 1 is 0.958 bits per heavy atom. The van der Waals surface area contributed by atoms with Crippen molar-refractivity contribution >= 4 is 30.4 Å². The third kappa shape index (κ3) is 8.09. The van der Waals surface area contributed by atoms with E-state index in [1.807, 2.05) is 66.5 Å². The Kier molecular flexibility index (Phi) is 12.3. The van der Waals surface area contributed by atoms with Crippen LogP contribution in [0, 0.1) is 0 Å². The summed E-state index contributed by atoms with van der Waals surface area (Å²) in [7, 11) is 1.83. The topological polar surface area (TPSA) is 94.7 Å². The molecule has 3 atom stereocenters. The standard InChI is InChI=1S/C36H45ClN5O5P/c1-4-40-20-22-42(23-21-40)48(37,45)46-27-33-25-41(26-34(47-33)39(3)24-29(2)35(44)38-28-43)36(30-14-8-5-9-15-30,31-16-10-6-11-17-31)32-18-12-7-13-19-32/h5-19,24,28,33-34H,4,20-23,25-27H2,1-3H3,(H,38,43,44)/b29-24-. The van der Waals surface area contributed by atoms with Crippen molar-refractivity contribution < 1.29 is 23.4 Å². The monoisotopic (exact) mass is 693 g/mol. The van der Waals surface area contributed by atoms with Crippen LogP contribution in [0.25, 0.3) is 0 Å². The normalized spacial score (nSPS) is 21.3. The van der Waals surface area contributed by atoms with E-state index in [9.17, 15) is 14.2 Å². The first kappa shape index (κ1) is 36.0. The van der Waals surface area contributed by atoms with Gasteiger partial charge in [0.1, 0.15) is 6.23 Å². The van der Waals surface area contributed by atoms with E-state index >= 15 is 0 Å². The lowest BCUT2D eigenvalue weighted by Crippen LogP contribution is -2.61. The predicted molar refractivity (Wildman–Crippen MR) is 188 cm³/mol. The SMILES string of the molecule is CCN1CCN(P(=O)(Cl)OCC2CN(C(c3ccccc3)(c3ccccc3)c3ccccc3)CC(N(C)/C=C(/C)C(=O)NC=O)O2)CC1. The highest BCUT2D eigenvalue weighted by molar-refractivity contribution is 7.83. The summed E-state index contributed by atoms with van der Waals surface area (Å²) in [5, 5.41) is 2.20. The summed E-state index contributed by atoms with van der Waals surface area (Å²) in [4.78, 5) is 29.9. The second-order valence-electron chi connectivity index (χ2n) is 12.1. The van der Waals surface area contributed by atoms with Gasteiger partial charge in [0.25, 0.3) is 5.91 Å². The highest BCUT2D eigenvalue weighted by Crippen LogP contribution is 2.56. The summed E-state index contributed by atoms with van der Waals surface area (Å²) in [6, 6.07) is 31.1. The molecule has 5 rings (SSSR count). The molecular weight excluding hydrogens is 649 g/mol. The maximum atomic E-state index is 13.7. The van der Waals surface area contributed by atoms with Gasteiger partial charge in [0.15, 0.2) is 0 Å². The number of nitrogens with zero attached hydrogens (tertiary/aromatic N) is 4. The molecule has 0 aromatic heterocycles. The predicted octanol–water partition coefficient (Wildman–Crippen LogP) is 5.11. The van der Waals surface area contributed by atoms with Crippen LogP contribution in [0.2, 0.25) is 0 Å². The van der Waals surface area contributed by atoms with Crippen molar-refractivity contribution in [2.75, 3.05) is 59.5 Å². The minimum atomic E-state index is -3.62. The number of piperazine rings is 1. The highest BCUT2D eigenvalue weighted by Gasteiger charge is 2.47. The number of halogens is 1. The molecule has 3 aromatic carbocycles. The van der Waals surface area contributed by atoms with Crippen molar-refractivity contribution in [2.45, 2.75) is 31.7 Å². The average Bonchev–Trinajstić information content (AvgIpc) is 3.12. The number of likely N-dealkylation sites (N-methyl/N-ethyl adjacent to an activating group) is 2. The molecule has 2 heterocycles. The summed E-state index contributed by atoms with van der Waals surface area (Å²) in [5.74, 6) is -0.497. The molecule has 2 amide bonds. The lowest BCUT2D eigenvalue weighted by molar-refractivity contribution is -0.157.